The molecule has 0 radical (unpaired) electrons. The molecule has 174 valence electrons. The van der Waals surface area contributed by atoms with Crippen molar-refractivity contribution in [3.05, 3.63) is 59.7 Å². The Kier molecular flexibility index (Phi) is 8.95. The van der Waals surface area contributed by atoms with Crippen LogP contribution in [-0.2, 0) is 9.53 Å². The fourth-order valence-corrected chi connectivity index (χ4v) is 3.90. The van der Waals surface area contributed by atoms with E-state index in [-0.39, 0.29) is 22.9 Å². The van der Waals surface area contributed by atoms with E-state index in [1.54, 1.807) is 42.5 Å². The molecule has 0 heterocycles. The van der Waals surface area contributed by atoms with E-state index in [4.69, 9.17) is 17.0 Å². The molecule has 0 bridgehead atoms. The lowest BCUT2D eigenvalue weighted by molar-refractivity contribution is -0.116. The average molecular weight is 468 g/mol. The van der Waals surface area contributed by atoms with Gasteiger partial charge in [0.2, 0.25) is 5.91 Å². The van der Waals surface area contributed by atoms with Crippen LogP contribution in [0.15, 0.2) is 48.5 Å². The van der Waals surface area contributed by atoms with Gasteiger partial charge in [-0.25, -0.2) is 4.79 Å². The first-order valence-electron chi connectivity index (χ1n) is 11.3. The number of amides is 2. The minimum atomic E-state index is -0.618. The van der Waals surface area contributed by atoms with Crippen LogP contribution in [0.2, 0.25) is 0 Å². The first-order valence-corrected chi connectivity index (χ1v) is 11.7. The molecule has 1 fully saturated rings. The third-order valence-corrected chi connectivity index (χ3v) is 5.56. The molecule has 0 saturated heterocycles. The van der Waals surface area contributed by atoms with Gasteiger partial charge < -0.3 is 15.4 Å². The van der Waals surface area contributed by atoms with Gasteiger partial charge in [-0.2, -0.15) is 0 Å². The number of carbonyl (C=O) groups excluding carboxylic acids is 3. The SMILES string of the molecule is CCCC(=O)Nc1ccc(C(=O)c2ccccc2)cc1NC(=S)NC(=O)OC1CCCCC1. The molecule has 0 aromatic heterocycles. The van der Waals surface area contributed by atoms with Crippen molar-refractivity contribution in [3.8, 4) is 0 Å². The Morgan fingerprint density at radius 1 is 0.939 bits per heavy atom. The van der Waals surface area contributed by atoms with E-state index >= 15 is 0 Å². The van der Waals surface area contributed by atoms with Gasteiger partial charge in [-0.1, -0.05) is 43.7 Å². The number of rotatable bonds is 7. The fourth-order valence-electron chi connectivity index (χ4n) is 3.70. The van der Waals surface area contributed by atoms with Crippen molar-refractivity contribution in [1.82, 2.24) is 5.32 Å². The quantitative estimate of drug-likeness (QED) is 0.372. The highest BCUT2D eigenvalue weighted by atomic mass is 32.1. The fraction of sp³-hybridized carbons (Fsp3) is 0.360. The third-order valence-electron chi connectivity index (χ3n) is 5.36. The van der Waals surface area contributed by atoms with Crippen LogP contribution in [0.1, 0.15) is 67.8 Å². The molecule has 1 aliphatic rings. The lowest BCUT2D eigenvalue weighted by Gasteiger charge is -2.22. The van der Waals surface area contributed by atoms with Crippen LogP contribution >= 0.6 is 12.2 Å². The van der Waals surface area contributed by atoms with E-state index in [9.17, 15) is 14.4 Å². The van der Waals surface area contributed by atoms with Gasteiger partial charge in [-0.05, 0) is 62.5 Å². The maximum Gasteiger partial charge on any atom is 0.413 e. The van der Waals surface area contributed by atoms with Gasteiger partial charge in [0.15, 0.2) is 10.9 Å². The minimum Gasteiger partial charge on any atom is -0.446 e. The molecule has 0 atom stereocenters. The predicted molar refractivity (Wildman–Crippen MR) is 133 cm³/mol. The summed E-state index contributed by atoms with van der Waals surface area (Å²) in [5.74, 6) is -0.320. The Morgan fingerprint density at radius 3 is 2.36 bits per heavy atom. The van der Waals surface area contributed by atoms with Gasteiger partial charge in [-0.15, -0.1) is 0 Å². The zero-order valence-corrected chi connectivity index (χ0v) is 19.5. The minimum absolute atomic E-state index is 0.0195. The lowest BCUT2D eigenvalue weighted by atomic mass is 9.98. The van der Waals surface area contributed by atoms with Gasteiger partial charge in [0.25, 0.3) is 0 Å². The van der Waals surface area contributed by atoms with E-state index < -0.39 is 6.09 Å². The molecular formula is C25H29N3O4S. The van der Waals surface area contributed by atoms with Gasteiger partial charge in [0, 0.05) is 17.5 Å². The number of hydrogen-bond donors (Lipinski definition) is 3. The average Bonchev–Trinajstić information content (AvgIpc) is 2.81. The van der Waals surface area contributed by atoms with Crippen LogP contribution in [-0.4, -0.2) is 29.0 Å². The van der Waals surface area contributed by atoms with Crippen LogP contribution in [0, 0.1) is 0 Å². The van der Waals surface area contributed by atoms with Gasteiger partial charge >= 0.3 is 6.09 Å². The molecule has 2 aromatic carbocycles. The molecule has 0 spiro atoms. The van der Waals surface area contributed by atoms with Crippen molar-refractivity contribution in [2.75, 3.05) is 10.6 Å². The molecule has 7 nitrogen and oxygen atoms in total. The van der Waals surface area contributed by atoms with Crippen molar-refractivity contribution in [3.63, 3.8) is 0 Å². The van der Waals surface area contributed by atoms with Crippen LogP contribution < -0.4 is 16.0 Å². The van der Waals surface area contributed by atoms with Crippen molar-refractivity contribution in [1.29, 1.82) is 0 Å². The Balaban J connectivity index is 1.74. The normalized spacial score (nSPS) is 13.6. The zero-order chi connectivity index (χ0) is 23.6. The highest BCUT2D eigenvalue weighted by Crippen LogP contribution is 2.25. The van der Waals surface area contributed by atoms with E-state index in [2.05, 4.69) is 16.0 Å². The number of thiocarbonyl (C=S) groups is 1. The number of ketones is 1. The molecule has 1 aliphatic carbocycles. The topological polar surface area (TPSA) is 96.5 Å². The van der Waals surface area contributed by atoms with E-state index in [0.29, 0.717) is 35.3 Å². The van der Waals surface area contributed by atoms with Crippen molar-refractivity contribution in [2.24, 2.45) is 0 Å². The van der Waals surface area contributed by atoms with E-state index in [0.717, 1.165) is 32.1 Å². The lowest BCUT2D eigenvalue weighted by Crippen LogP contribution is -2.37. The summed E-state index contributed by atoms with van der Waals surface area (Å²) in [6.45, 7) is 1.91. The Morgan fingerprint density at radius 2 is 1.67 bits per heavy atom. The summed E-state index contributed by atoms with van der Waals surface area (Å²) >= 11 is 5.29. The molecule has 2 aromatic rings. The Bertz CT molecular complexity index is 1000. The Labute approximate surface area is 199 Å². The number of nitrogens with one attached hydrogen (secondary N) is 3. The molecule has 33 heavy (non-hydrogen) atoms. The second kappa shape index (κ2) is 12.1. The largest absolute Gasteiger partial charge is 0.446 e. The summed E-state index contributed by atoms with van der Waals surface area (Å²) in [5, 5.41) is 8.29. The summed E-state index contributed by atoms with van der Waals surface area (Å²) in [7, 11) is 0. The first kappa shape index (κ1) is 24.4. The first-order chi connectivity index (χ1) is 16.0. The maximum atomic E-state index is 12.9. The highest BCUT2D eigenvalue weighted by Gasteiger charge is 2.19. The molecule has 3 N–H and O–H groups in total. The second-order valence-corrected chi connectivity index (χ2v) is 8.41. The summed E-state index contributed by atoms with van der Waals surface area (Å²) < 4.78 is 5.44. The molecule has 2 amide bonds. The monoisotopic (exact) mass is 467 g/mol. The molecule has 1 saturated carbocycles. The van der Waals surface area contributed by atoms with E-state index in [1.165, 1.54) is 0 Å². The van der Waals surface area contributed by atoms with Crippen molar-refractivity contribution in [2.45, 2.75) is 58.0 Å². The standard InChI is InChI=1S/C25H29N3O4S/c1-2-9-22(29)26-20-15-14-18(23(30)17-10-5-3-6-11-17)16-21(20)27-24(33)28-25(31)32-19-12-7-4-8-13-19/h3,5-6,10-11,14-16,19H,2,4,7-9,12-13H2,1H3,(H,26,29)(H2,27,28,31,33). The molecule has 3 rings (SSSR count). The smallest absolute Gasteiger partial charge is 0.413 e. The maximum absolute atomic E-state index is 12.9. The molecule has 0 unspecified atom stereocenters. The van der Waals surface area contributed by atoms with Crippen LogP contribution in [0.4, 0.5) is 16.2 Å². The zero-order valence-electron chi connectivity index (χ0n) is 18.7. The van der Waals surface area contributed by atoms with Crippen LogP contribution in [0.3, 0.4) is 0 Å². The summed E-state index contributed by atoms with van der Waals surface area (Å²) in [6, 6.07) is 13.8. The van der Waals surface area contributed by atoms with Gasteiger partial charge in [0.05, 0.1) is 11.4 Å². The molecular weight excluding hydrogens is 438 g/mol. The summed E-state index contributed by atoms with van der Waals surface area (Å²) in [5.41, 5.74) is 1.83. The van der Waals surface area contributed by atoms with Crippen LogP contribution in [0.5, 0.6) is 0 Å². The van der Waals surface area contributed by atoms with Gasteiger partial charge in [0.1, 0.15) is 6.10 Å². The third kappa shape index (κ3) is 7.39. The Hall–Kier alpha value is -3.26. The number of benzene rings is 2. The molecule has 0 aliphatic heterocycles. The number of ether oxygens (including phenoxy) is 1. The molecule has 8 heteroatoms. The number of alkyl carbamates (subject to hydrolysis) is 1. The van der Waals surface area contributed by atoms with Crippen LogP contribution in [0.25, 0.3) is 0 Å². The highest BCUT2D eigenvalue weighted by molar-refractivity contribution is 7.80. The second-order valence-electron chi connectivity index (χ2n) is 8.00. The van der Waals surface area contributed by atoms with Gasteiger partial charge in [-0.3, -0.25) is 14.9 Å². The van der Waals surface area contributed by atoms with E-state index in [1.807, 2.05) is 13.0 Å². The van der Waals surface area contributed by atoms with Crippen molar-refractivity contribution >= 4 is 46.5 Å². The summed E-state index contributed by atoms with van der Waals surface area (Å²) in [4.78, 5) is 37.3. The number of hydrogen-bond acceptors (Lipinski definition) is 5. The number of carbonyl (C=O) groups is 3. The predicted octanol–water partition coefficient (Wildman–Crippen LogP) is 5.41. The van der Waals surface area contributed by atoms with Crippen molar-refractivity contribution < 1.29 is 19.1 Å². The summed E-state index contributed by atoms with van der Waals surface area (Å²) in [6.07, 6.45) is 5.30. The number of anilines is 2.